The van der Waals surface area contributed by atoms with Gasteiger partial charge in [0.1, 0.15) is 0 Å². The average molecular weight is 429 g/mol. The zero-order valence-electron chi connectivity index (χ0n) is 17.8. The highest BCUT2D eigenvalue weighted by molar-refractivity contribution is 5.94. The second-order valence-corrected chi connectivity index (χ2v) is 7.86. The summed E-state index contributed by atoms with van der Waals surface area (Å²) in [7, 11) is 2.07. The van der Waals surface area contributed by atoms with Gasteiger partial charge in [-0.25, -0.2) is 9.97 Å². The Kier molecular flexibility index (Phi) is 5.47. The van der Waals surface area contributed by atoms with E-state index in [1.807, 2.05) is 53.1 Å². The van der Waals surface area contributed by atoms with Gasteiger partial charge in [0.05, 0.1) is 11.6 Å². The van der Waals surface area contributed by atoms with E-state index in [0.717, 1.165) is 24.5 Å². The SMILES string of the molecule is CN1CCN(c2ncccn2)C[C@@H]1c1nnc2ccc(C(=O)NCc3ccccc3)cn12. The second kappa shape index (κ2) is 8.72. The summed E-state index contributed by atoms with van der Waals surface area (Å²) in [5, 5.41) is 11.8. The fourth-order valence-electron chi connectivity index (χ4n) is 3.94. The number of nitrogens with one attached hydrogen (secondary N) is 1. The molecule has 1 N–H and O–H groups in total. The summed E-state index contributed by atoms with van der Waals surface area (Å²) in [5.41, 5.74) is 2.33. The van der Waals surface area contributed by atoms with Gasteiger partial charge in [-0.15, -0.1) is 10.2 Å². The number of nitrogens with zero attached hydrogens (tertiary/aromatic N) is 7. The number of benzene rings is 1. The minimum Gasteiger partial charge on any atom is -0.348 e. The lowest BCUT2D eigenvalue weighted by Gasteiger charge is -2.38. The minimum atomic E-state index is -0.133. The molecule has 1 aromatic carbocycles. The third-order valence-electron chi connectivity index (χ3n) is 5.77. The van der Waals surface area contributed by atoms with Crippen LogP contribution in [-0.4, -0.2) is 62.1 Å². The van der Waals surface area contributed by atoms with Crippen LogP contribution in [0.15, 0.2) is 67.1 Å². The molecule has 5 rings (SSSR count). The van der Waals surface area contributed by atoms with E-state index < -0.39 is 0 Å². The molecule has 0 radical (unpaired) electrons. The quantitative estimate of drug-likeness (QED) is 0.519. The van der Waals surface area contributed by atoms with Crippen LogP contribution in [0.3, 0.4) is 0 Å². The van der Waals surface area contributed by atoms with Crippen molar-refractivity contribution in [2.75, 3.05) is 31.6 Å². The van der Waals surface area contributed by atoms with Crippen molar-refractivity contribution in [3.8, 4) is 0 Å². The van der Waals surface area contributed by atoms with E-state index >= 15 is 0 Å². The van der Waals surface area contributed by atoms with Gasteiger partial charge in [-0.3, -0.25) is 14.1 Å². The van der Waals surface area contributed by atoms with E-state index in [9.17, 15) is 4.79 Å². The Bertz CT molecular complexity index is 1210. The van der Waals surface area contributed by atoms with Crippen molar-refractivity contribution >= 4 is 17.5 Å². The van der Waals surface area contributed by atoms with Gasteiger partial charge in [-0.05, 0) is 30.8 Å². The molecule has 1 aliphatic heterocycles. The van der Waals surface area contributed by atoms with E-state index in [4.69, 9.17) is 0 Å². The van der Waals surface area contributed by atoms with E-state index in [2.05, 4.69) is 42.3 Å². The second-order valence-electron chi connectivity index (χ2n) is 7.86. The molecular formula is C23H24N8O. The number of hydrogen-bond donors (Lipinski definition) is 1. The van der Waals surface area contributed by atoms with Crippen molar-refractivity contribution in [3.63, 3.8) is 0 Å². The molecule has 0 saturated carbocycles. The molecule has 1 amide bonds. The molecule has 3 aromatic heterocycles. The number of anilines is 1. The maximum atomic E-state index is 12.8. The van der Waals surface area contributed by atoms with Crippen LogP contribution in [0.2, 0.25) is 0 Å². The third kappa shape index (κ3) is 4.02. The number of carbonyl (C=O) groups excluding carboxylic acids is 1. The highest BCUT2D eigenvalue weighted by Crippen LogP contribution is 2.25. The molecule has 0 spiro atoms. The van der Waals surface area contributed by atoms with Crippen molar-refractivity contribution in [2.45, 2.75) is 12.6 Å². The zero-order chi connectivity index (χ0) is 21.9. The molecule has 0 unspecified atom stereocenters. The molecule has 0 aliphatic carbocycles. The molecule has 9 nitrogen and oxygen atoms in total. The summed E-state index contributed by atoms with van der Waals surface area (Å²) in [6.07, 6.45) is 5.32. The summed E-state index contributed by atoms with van der Waals surface area (Å²) < 4.78 is 1.91. The first-order chi connectivity index (χ1) is 15.7. The van der Waals surface area contributed by atoms with Crippen LogP contribution in [-0.2, 0) is 6.54 Å². The topological polar surface area (TPSA) is 91.6 Å². The normalized spacial score (nSPS) is 16.9. The third-order valence-corrected chi connectivity index (χ3v) is 5.77. The molecular weight excluding hydrogens is 404 g/mol. The summed E-state index contributed by atoms with van der Waals surface area (Å²) in [4.78, 5) is 26.0. The monoisotopic (exact) mass is 428 g/mol. The van der Waals surface area contributed by atoms with Gasteiger partial charge < -0.3 is 10.2 Å². The number of likely N-dealkylation sites (N-methyl/N-ethyl adjacent to an activating group) is 1. The van der Waals surface area contributed by atoms with Gasteiger partial charge in [0.25, 0.3) is 5.91 Å². The van der Waals surface area contributed by atoms with E-state index in [0.29, 0.717) is 30.2 Å². The Morgan fingerprint density at radius 3 is 2.66 bits per heavy atom. The van der Waals surface area contributed by atoms with Gasteiger partial charge in [-0.1, -0.05) is 30.3 Å². The van der Waals surface area contributed by atoms with Crippen molar-refractivity contribution in [1.29, 1.82) is 0 Å². The highest BCUT2D eigenvalue weighted by Gasteiger charge is 2.30. The lowest BCUT2D eigenvalue weighted by atomic mass is 10.1. The van der Waals surface area contributed by atoms with Crippen LogP contribution in [0.5, 0.6) is 0 Å². The largest absolute Gasteiger partial charge is 0.348 e. The lowest BCUT2D eigenvalue weighted by Crippen LogP contribution is -2.47. The molecule has 1 fully saturated rings. The fraction of sp³-hybridized carbons (Fsp3) is 0.261. The van der Waals surface area contributed by atoms with Gasteiger partial charge in [0, 0.05) is 44.8 Å². The standard InChI is InChI=1S/C23H24N8O/c1-29-12-13-30(23-24-10-5-11-25-23)16-19(29)21-28-27-20-9-8-18(15-31(20)21)22(32)26-14-17-6-3-2-4-7-17/h2-11,15,19H,12-14,16H2,1H3,(H,26,32)/t19-/m1/s1. The van der Waals surface area contributed by atoms with Crippen molar-refractivity contribution < 1.29 is 4.79 Å². The number of fused-ring (bicyclic) bond motifs is 1. The Morgan fingerprint density at radius 1 is 1.03 bits per heavy atom. The molecule has 1 saturated heterocycles. The lowest BCUT2D eigenvalue weighted by molar-refractivity contribution is 0.0950. The summed E-state index contributed by atoms with van der Waals surface area (Å²) in [6, 6.07) is 15.3. The average Bonchev–Trinajstić information content (AvgIpc) is 3.27. The first kappa shape index (κ1) is 20.1. The van der Waals surface area contributed by atoms with Crippen LogP contribution in [0.25, 0.3) is 5.65 Å². The molecule has 162 valence electrons. The van der Waals surface area contributed by atoms with Gasteiger partial charge >= 0.3 is 0 Å². The van der Waals surface area contributed by atoms with E-state index in [1.54, 1.807) is 18.5 Å². The number of aromatic nitrogens is 5. The number of hydrogen-bond acceptors (Lipinski definition) is 7. The van der Waals surface area contributed by atoms with Crippen molar-refractivity contribution in [2.24, 2.45) is 0 Å². The maximum absolute atomic E-state index is 12.8. The minimum absolute atomic E-state index is 0.00909. The number of amides is 1. The van der Waals surface area contributed by atoms with Crippen molar-refractivity contribution in [1.82, 2.24) is 34.8 Å². The molecule has 4 aromatic rings. The first-order valence-corrected chi connectivity index (χ1v) is 10.6. The summed E-state index contributed by atoms with van der Waals surface area (Å²) >= 11 is 0. The fourth-order valence-corrected chi connectivity index (χ4v) is 3.94. The summed E-state index contributed by atoms with van der Waals surface area (Å²) in [5.74, 6) is 1.37. The van der Waals surface area contributed by atoms with Gasteiger partial charge in [0.15, 0.2) is 11.5 Å². The summed E-state index contributed by atoms with van der Waals surface area (Å²) in [6.45, 7) is 2.84. The first-order valence-electron chi connectivity index (χ1n) is 10.6. The number of carbonyl (C=O) groups is 1. The zero-order valence-corrected chi connectivity index (χ0v) is 17.8. The van der Waals surface area contributed by atoms with Crippen LogP contribution >= 0.6 is 0 Å². The van der Waals surface area contributed by atoms with E-state index in [-0.39, 0.29) is 11.9 Å². The molecule has 4 heterocycles. The predicted octanol–water partition coefficient (Wildman–Crippen LogP) is 1.94. The number of piperazine rings is 1. The van der Waals surface area contributed by atoms with Crippen LogP contribution < -0.4 is 10.2 Å². The molecule has 1 atom stereocenters. The smallest absolute Gasteiger partial charge is 0.253 e. The molecule has 0 bridgehead atoms. The Balaban J connectivity index is 1.38. The number of rotatable bonds is 5. The highest BCUT2D eigenvalue weighted by atomic mass is 16.1. The van der Waals surface area contributed by atoms with Crippen LogP contribution in [0, 0.1) is 0 Å². The van der Waals surface area contributed by atoms with Gasteiger partial charge in [0.2, 0.25) is 5.95 Å². The van der Waals surface area contributed by atoms with E-state index in [1.165, 1.54) is 0 Å². The van der Waals surface area contributed by atoms with Crippen LogP contribution in [0.1, 0.15) is 27.8 Å². The molecule has 1 aliphatic rings. The Hall–Kier alpha value is -3.85. The maximum Gasteiger partial charge on any atom is 0.253 e. The Morgan fingerprint density at radius 2 is 1.84 bits per heavy atom. The van der Waals surface area contributed by atoms with Crippen molar-refractivity contribution in [3.05, 3.63) is 84.1 Å². The molecule has 32 heavy (non-hydrogen) atoms. The van der Waals surface area contributed by atoms with Gasteiger partial charge in [-0.2, -0.15) is 0 Å². The van der Waals surface area contributed by atoms with Crippen LogP contribution in [0.4, 0.5) is 5.95 Å². The molecule has 9 heteroatoms. The predicted molar refractivity (Wildman–Crippen MR) is 120 cm³/mol. The number of pyridine rings is 1. The Labute approximate surface area is 185 Å².